The summed E-state index contributed by atoms with van der Waals surface area (Å²) in [6.45, 7) is 0. The first-order valence-electron chi connectivity index (χ1n) is 6.84. The fourth-order valence-corrected chi connectivity index (χ4v) is 4.28. The second-order valence-electron chi connectivity index (χ2n) is 4.97. The van der Waals surface area contributed by atoms with Gasteiger partial charge in [0.1, 0.15) is 0 Å². The highest BCUT2D eigenvalue weighted by Crippen LogP contribution is 2.31. The van der Waals surface area contributed by atoms with Crippen molar-refractivity contribution in [2.45, 2.75) is 9.79 Å². The van der Waals surface area contributed by atoms with Crippen LogP contribution >= 0.6 is 23.2 Å². The second kappa shape index (κ2) is 6.36. The van der Waals surface area contributed by atoms with Crippen LogP contribution in [0.1, 0.15) is 0 Å². The molecule has 3 aromatic rings. The predicted octanol–water partition coefficient (Wildman–Crippen LogP) is 5.49. The first-order chi connectivity index (χ1) is 11.0. The van der Waals surface area contributed by atoms with Gasteiger partial charge in [0.2, 0.25) is 9.84 Å². The van der Waals surface area contributed by atoms with E-state index in [0.717, 1.165) is 11.1 Å². The number of halogens is 2. The molecule has 0 aliphatic heterocycles. The lowest BCUT2D eigenvalue weighted by atomic mass is 10.1. The third-order valence-corrected chi connectivity index (χ3v) is 5.94. The van der Waals surface area contributed by atoms with E-state index in [-0.39, 0.29) is 14.8 Å². The summed E-state index contributed by atoms with van der Waals surface area (Å²) in [6.07, 6.45) is 0. The van der Waals surface area contributed by atoms with Crippen molar-refractivity contribution in [2.75, 3.05) is 0 Å². The van der Waals surface area contributed by atoms with Crippen molar-refractivity contribution in [3.05, 3.63) is 82.8 Å². The molecule has 5 heteroatoms. The molecule has 0 saturated carbocycles. The van der Waals surface area contributed by atoms with E-state index in [0.29, 0.717) is 5.02 Å². The SMILES string of the molecule is O=S(=O)(c1ccc(-c2ccccc2)cc1)c1cc(Cl)ccc1Cl. The number of benzene rings is 3. The molecule has 0 unspecified atom stereocenters. The third kappa shape index (κ3) is 3.27. The smallest absolute Gasteiger partial charge is 0.208 e. The van der Waals surface area contributed by atoms with Crippen LogP contribution in [0.25, 0.3) is 11.1 Å². The molecule has 0 bridgehead atoms. The first-order valence-corrected chi connectivity index (χ1v) is 9.08. The highest BCUT2D eigenvalue weighted by molar-refractivity contribution is 7.91. The Morgan fingerprint density at radius 1 is 0.696 bits per heavy atom. The Hall–Kier alpha value is -1.81. The van der Waals surface area contributed by atoms with E-state index in [1.54, 1.807) is 30.3 Å². The van der Waals surface area contributed by atoms with Crippen LogP contribution in [0.3, 0.4) is 0 Å². The number of rotatable bonds is 3. The lowest BCUT2D eigenvalue weighted by Crippen LogP contribution is -2.02. The van der Waals surface area contributed by atoms with Gasteiger partial charge in [-0.15, -0.1) is 0 Å². The lowest BCUT2D eigenvalue weighted by molar-refractivity contribution is 0.596. The zero-order valence-electron chi connectivity index (χ0n) is 11.9. The van der Waals surface area contributed by atoms with Gasteiger partial charge in [-0.1, -0.05) is 65.7 Å². The van der Waals surface area contributed by atoms with Crippen molar-refractivity contribution in [3.8, 4) is 11.1 Å². The molecule has 3 aromatic carbocycles. The van der Waals surface area contributed by atoms with E-state index in [9.17, 15) is 8.42 Å². The quantitative estimate of drug-likeness (QED) is 0.616. The van der Waals surface area contributed by atoms with Crippen LogP contribution in [0.5, 0.6) is 0 Å². The minimum atomic E-state index is -3.71. The van der Waals surface area contributed by atoms with Gasteiger partial charge in [-0.25, -0.2) is 8.42 Å². The molecule has 2 nitrogen and oxygen atoms in total. The van der Waals surface area contributed by atoms with Gasteiger partial charge in [0.05, 0.1) is 14.8 Å². The molecule has 0 spiro atoms. The second-order valence-corrected chi connectivity index (χ2v) is 7.73. The summed E-state index contributed by atoms with van der Waals surface area (Å²) in [5, 5.41) is 0.482. The fraction of sp³-hybridized carbons (Fsp3) is 0. The molecule has 3 rings (SSSR count). The average Bonchev–Trinajstić information content (AvgIpc) is 2.58. The van der Waals surface area contributed by atoms with E-state index in [4.69, 9.17) is 23.2 Å². The molecule has 0 fully saturated rings. The first kappa shape index (κ1) is 16.1. The largest absolute Gasteiger partial charge is 0.218 e. The molecule has 116 valence electrons. The predicted molar refractivity (Wildman–Crippen MR) is 93.8 cm³/mol. The van der Waals surface area contributed by atoms with Gasteiger partial charge in [0.25, 0.3) is 0 Å². The standard InChI is InChI=1S/C18H12Cl2O2S/c19-15-8-11-17(20)18(12-15)23(21,22)16-9-6-14(7-10-16)13-4-2-1-3-5-13/h1-12H. The van der Waals surface area contributed by atoms with Gasteiger partial charge in [-0.2, -0.15) is 0 Å². The van der Waals surface area contributed by atoms with Gasteiger partial charge < -0.3 is 0 Å². The summed E-state index contributed by atoms with van der Waals surface area (Å²) in [5.74, 6) is 0. The minimum absolute atomic E-state index is 0.0131. The zero-order chi connectivity index (χ0) is 16.4. The molecular formula is C18H12Cl2O2S. The molecule has 0 aromatic heterocycles. The number of sulfone groups is 1. The van der Waals surface area contributed by atoms with Crippen molar-refractivity contribution in [2.24, 2.45) is 0 Å². The topological polar surface area (TPSA) is 34.1 Å². The van der Waals surface area contributed by atoms with E-state index in [2.05, 4.69) is 0 Å². The summed E-state index contributed by atoms with van der Waals surface area (Å²) in [5.41, 5.74) is 1.97. The Bertz CT molecular complexity index is 935. The van der Waals surface area contributed by atoms with E-state index < -0.39 is 9.84 Å². The van der Waals surface area contributed by atoms with Crippen LogP contribution in [0.15, 0.2) is 82.6 Å². The average molecular weight is 363 g/mol. The maximum Gasteiger partial charge on any atom is 0.208 e. The Labute approximate surface area is 145 Å². The maximum absolute atomic E-state index is 12.7. The minimum Gasteiger partial charge on any atom is -0.218 e. The highest BCUT2D eigenvalue weighted by Gasteiger charge is 2.21. The van der Waals surface area contributed by atoms with Crippen molar-refractivity contribution in [1.82, 2.24) is 0 Å². The summed E-state index contributed by atoms with van der Waals surface area (Å²) in [4.78, 5) is 0.195. The normalized spacial score (nSPS) is 11.4. The lowest BCUT2D eigenvalue weighted by Gasteiger charge is -2.08. The summed E-state index contributed by atoms with van der Waals surface area (Å²) in [6, 6.07) is 20.9. The summed E-state index contributed by atoms with van der Waals surface area (Å²) >= 11 is 11.9. The number of hydrogen-bond donors (Lipinski definition) is 0. The Kier molecular flexibility index (Phi) is 4.44. The van der Waals surface area contributed by atoms with Gasteiger partial charge in [-0.05, 0) is 41.5 Å². The van der Waals surface area contributed by atoms with Crippen LogP contribution in [-0.4, -0.2) is 8.42 Å². The van der Waals surface area contributed by atoms with Crippen LogP contribution in [0, 0.1) is 0 Å². The Morgan fingerprint density at radius 3 is 1.96 bits per heavy atom. The van der Waals surface area contributed by atoms with Crippen LogP contribution in [0.4, 0.5) is 0 Å². The van der Waals surface area contributed by atoms with Crippen molar-refractivity contribution in [1.29, 1.82) is 0 Å². The zero-order valence-corrected chi connectivity index (χ0v) is 14.2. The molecular weight excluding hydrogens is 351 g/mol. The molecule has 0 atom stereocenters. The number of hydrogen-bond acceptors (Lipinski definition) is 2. The molecule has 0 radical (unpaired) electrons. The molecule has 0 saturated heterocycles. The summed E-state index contributed by atoms with van der Waals surface area (Å²) < 4.78 is 25.4. The van der Waals surface area contributed by atoms with Crippen molar-refractivity contribution in [3.63, 3.8) is 0 Å². The highest BCUT2D eigenvalue weighted by atomic mass is 35.5. The molecule has 0 N–H and O–H groups in total. The molecule has 0 heterocycles. The van der Waals surface area contributed by atoms with Crippen molar-refractivity contribution >= 4 is 33.0 Å². The molecule has 0 amide bonds. The summed E-state index contributed by atoms with van der Waals surface area (Å²) in [7, 11) is -3.71. The molecule has 0 aliphatic carbocycles. The van der Waals surface area contributed by atoms with Gasteiger partial charge in [0, 0.05) is 5.02 Å². The van der Waals surface area contributed by atoms with Gasteiger partial charge in [-0.3, -0.25) is 0 Å². The van der Waals surface area contributed by atoms with Crippen LogP contribution < -0.4 is 0 Å². The Balaban J connectivity index is 2.03. The molecule has 23 heavy (non-hydrogen) atoms. The Morgan fingerprint density at radius 2 is 1.30 bits per heavy atom. The van der Waals surface area contributed by atoms with Gasteiger partial charge >= 0.3 is 0 Å². The van der Waals surface area contributed by atoms with Crippen LogP contribution in [-0.2, 0) is 9.84 Å². The molecule has 0 aliphatic rings. The van der Waals surface area contributed by atoms with E-state index >= 15 is 0 Å². The van der Waals surface area contributed by atoms with Gasteiger partial charge in [0.15, 0.2) is 0 Å². The van der Waals surface area contributed by atoms with Crippen molar-refractivity contribution < 1.29 is 8.42 Å². The third-order valence-electron chi connectivity index (χ3n) is 3.45. The van der Waals surface area contributed by atoms with E-state index in [1.165, 1.54) is 12.1 Å². The maximum atomic E-state index is 12.7. The fourth-order valence-electron chi connectivity index (χ4n) is 2.27. The van der Waals surface area contributed by atoms with Crippen LogP contribution in [0.2, 0.25) is 10.0 Å². The van der Waals surface area contributed by atoms with E-state index in [1.807, 2.05) is 30.3 Å². The monoisotopic (exact) mass is 362 g/mol.